The Bertz CT molecular complexity index is 603. The molecular weight excluding hydrogens is 302 g/mol. The predicted molar refractivity (Wildman–Crippen MR) is 78.4 cm³/mol. The number of nitro groups is 1. The normalized spacial score (nSPS) is 17.4. The third kappa shape index (κ3) is 3.10. The molecular formula is C11H17N3O4S2. The lowest BCUT2D eigenvalue weighted by molar-refractivity contribution is -0.383. The fourth-order valence-corrected chi connectivity index (χ4v) is 4.24. The highest BCUT2D eigenvalue weighted by molar-refractivity contribution is 7.92. The summed E-state index contributed by atoms with van der Waals surface area (Å²) in [4.78, 5) is 14.8. The SMILES string of the molecule is CCN1CCN(c2sc(S(C)(=O)=O)cc2[N+](=O)[O-])CC1. The van der Waals surface area contributed by atoms with Crippen LogP contribution in [0.5, 0.6) is 0 Å². The molecule has 0 atom stereocenters. The van der Waals surface area contributed by atoms with Gasteiger partial charge in [0.15, 0.2) is 14.8 Å². The summed E-state index contributed by atoms with van der Waals surface area (Å²) in [5.74, 6) is 0. The van der Waals surface area contributed by atoms with Crippen LogP contribution in [0.25, 0.3) is 0 Å². The van der Waals surface area contributed by atoms with Crippen molar-refractivity contribution in [2.75, 3.05) is 43.9 Å². The Kier molecular flexibility index (Phi) is 4.31. The quantitative estimate of drug-likeness (QED) is 0.612. The Morgan fingerprint density at radius 2 is 1.95 bits per heavy atom. The van der Waals surface area contributed by atoms with Crippen LogP contribution in [0, 0.1) is 10.1 Å². The average Bonchev–Trinajstić information content (AvgIpc) is 2.84. The Balaban J connectivity index is 2.31. The zero-order valence-corrected chi connectivity index (χ0v) is 13.0. The van der Waals surface area contributed by atoms with E-state index in [1.807, 2.05) is 4.90 Å². The van der Waals surface area contributed by atoms with Crippen molar-refractivity contribution in [3.05, 3.63) is 16.2 Å². The molecule has 1 aromatic heterocycles. The van der Waals surface area contributed by atoms with Crippen molar-refractivity contribution < 1.29 is 13.3 Å². The van der Waals surface area contributed by atoms with E-state index < -0.39 is 14.8 Å². The van der Waals surface area contributed by atoms with Gasteiger partial charge in [-0.3, -0.25) is 10.1 Å². The standard InChI is InChI=1S/C11H17N3O4S2/c1-3-12-4-6-13(7-5-12)11-9(14(15)16)8-10(19-11)20(2,17)18/h8H,3-7H2,1-2H3. The molecule has 112 valence electrons. The van der Waals surface area contributed by atoms with E-state index in [1.54, 1.807) is 0 Å². The number of rotatable bonds is 4. The lowest BCUT2D eigenvalue weighted by atomic mass is 10.3. The Hall–Kier alpha value is -1.19. The summed E-state index contributed by atoms with van der Waals surface area (Å²) in [5.41, 5.74) is -0.111. The fraction of sp³-hybridized carbons (Fsp3) is 0.636. The zero-order chi connectivity index (χ0) is 14.9. The molecule has 20 heavy (non-hydrogen) atoms. The molecule has 0 N–H and O–H groups in total. The maximum absolute atomic E-state index is 11.6. The number of anilines is 1. The number of hydrogen-bond donors (Lipinski definition) is 0. The third-order valence-electron chi connectivity index (χ3n) is 3.34. The lowest BCUT2D eigenvalue weighted by Crippen LogP contribution is -2.46. The van der Waals surface area contributed by atoms with Gasteiger partial charge in [-0.2, -0.15) is 0 Å². The second-order valence-electron chi connectivity index (χ2n) is 4.71. The highest BCUT2D eigenvalue weighted by Crippen LogP contribution is 2.40. The molecule has 0 radical (unpaired) electrons. The van der Waals surface area contributed by atoms with Gasteiger partial charge >= 0.3 is 5.69 Å². The van der Waals surface area contributed by atoms with Gasteiger partial charge in [0.05, 0.1) is 4.92 Å². The van der Waals surface area contributed by atoms with Crippen LogP contribution in [0.3, 0.4) is 0 Å². The van der Waals surface area contributed by atoms with Gasteiger partial charge in [-0.15, -0.1) is 0 Å². The summed E-state index contributed by atoms with van der Waals surface area (Å²) in [6.07, 6.45) is 1.07. The molecule has 1 aromatic rings. The highest BCUT2D eigenvalue weighted by Gasteiger charge is 2.29. The second-order valence-corrected chi connectivity index (χ2v) is 7.98. The molecule has 2 heterocycles. The van der Waals surface area contributed by atoms with Gasteiger partial charge in [0.25, 0.3) is 0 Å². The molecule has 2 rings (SSSR count). The van der Waals surface area contributed by atoms with Crippen molar-refractivity contribution in [3.8, 4) is 0 Å². The van der Waals surface area contributed by atoms with E-state index in [9.17, 15) is 18.5 Å². The van der Waals surface area contributed by atoms with E-state index in [0.29, 0.717) is 18.1 Å². The topological polar surface area (TPSA) is 83.8 Å². The molecule has 0 unspecified atom stereocenters. The van der Waals surface area contributed by atoms with Gasteiger partial charge in [-0.25, -0.2) is 8.42 Å². The molecule has 0 aliphatic carbocycles. The Morgan fingerprint density at radius 3 is 2.40 bits per heavy atom. The van der Waals surface area contributed by atoms with Gasteiger partial charge in [-0.1, -0.05) is 18.3 Å². The molecule has 0 saturated carbocycles. The molecule has 9 heteroatoms. The molecule has 1 fully saturated rings. The van der Waals surface area contributed by atoms with E-state index >= 15 is 0 Å². The maximum Gasteiger partial charge on any atom is 0.305 e. The van der Waals surface area contributed by atoms with E-state index in [0.717, 1.165) is 37.2 Å². The molecule has 0 amide bonds. The molecule has 7 nitrogen and oxygen atoms in total. The minimum Gasteiger partial charge on any atom is -0.355 e. The van der Waals surface area contributed by atoms with Crippen molar-refractivity contribution in [3.63, 3.8) is 0 Å². The van der Waals surface area contributed by atoms with Crippen LogP contribution >= 0.6 is 11.3 Å². The average molecular weight is 319 g/mol. The first-order valence-corrected chi connectivity index (χ1v) is 8.99. The monoisotopic (exact) mass is 319 g/mol. The number of nitrogens with zero attached hydrogens (tertiary/aromatic N) is 3. The van der Waals surface area contributed by atoms with Crippen LogP contribution in [0.1, 0.15) is 6.92 Å². The summed E-state index contributed by atoms with van der Waals surface area (Å²) in [6, 6.07) is 1.17. The van der Waals surface area contributed by atoms with Crippen LogP contribution in [-0.4, -0.2) is 57.2 Å². The van der Waals surface area contributed by atoms with Crippen molar-refractivity contribution in [2.45, 2.75) is 11.1 Å². The van der Waals surface area contributed by atoms with Crippen molar-refractivity contribution in [1.29, 1.82) is 0 Å². The highest BCUT2D eigenvalue weighted by atomic mass is 32.2. The van der Waals surface area contributed by atoms with Crippen LogP contribution < -0.4 is 4.90 Å². The van der Waals surface area contributed by atoms with Crippen molar-refractivity contribution in [2.24, 2.45) is 0 Å². The van der Waals surface area contributed by atoms with E-state index in [4.69, 9.17) is 0 Å². The van der Waals surface area contributed by atoms with Crippen LogP contribution in [0.2, 0.25) is 0 Å². The first-order chi connectivity index (χ1) is 9.32. The van der Waals surface area contributed by atoms with Crippen LogP contribution in [0.15, 0.2) is 10.3 Å². The fourth-order valence-electron chi connectivity index (χ4n) is 2.16. The summed E-state index contributed by atoms with van der Waals surface area (Å²) >= 11 is 0.988. The lowest BCUT2D eigenvalue weighted by Gasteiger charge is -2.34. The predicted octanol–water partition coefficient (Wildman–Crippen LogP) is 1.20. The summed E-state index contributed by atoms with van der Waals surface area (Å²) in [5, 5.41) is 11.6. The maximum atomic E-state index is 11.6. The number of piperazine rings is 1. The minimum atomic E-state index is -3.42. The Morgan fingerprint density at radius 1 is 1.35 bits per heavy atom. The molecule has 0 bridgehead atoms. The van der Waals surface area contributed by atoms with Gasteiger partial charge in [0, 0.05) is 38.5 Å². The zero-order valence-electron chi connectivity index (χ0n) is 11.4. The van der Waals surface area contributed by atoms with Gasteiger partial charge < -0.3 is 9.80 Å². The molecule has 1 aliphatic rings. The van der Waals surface area contributed by atoms with Gasteiger partial charge in [0.1, 0.15) is 4.21 Å². The number of thiophene rings is 1. The van der Waals surface area contributed by atoms with Crippen molar-refractivity contribution in [1.82, 2.24) is 4.90 Å². The van der Waals surface area contributed by atoms with Gasteiger partial charge in [0.2, 0.25) is 0 Å². The third-order valence-corrected chi connectivity index (χ3v) is 6.33. The first-order valence-electron chi connectivity index (χ1n) is 6.28. The molecule has 0 spiro atoms. The van der Waals surface area contributed by atoms with Crippen molar-refractivity contribution >= 4 is 31.9 Å². The molecule has 1 aliphatic heterocycles. The van der Waals surface area contributed by atoms with E-state index in [1.165, 1.54) is 6.07 Å². The van der Waals surface area contributed by atoms with Crippen LogP contribution in [0.4, 0.5) is 10.7 Å². The number of sulfone groups is 1. The summed E-state index contributed by atoms with van der Waals surface area (Å²) < 4.78 is 23.2. The molecule has 0 aromatic carbocycles. The second kappa shape index (κ2) is 5.66. The van der Waals surface area contributed by atoms with Gasteiger partial charge in [-0.05, 0) is 6.54 Å². The Labute approximate surface area is 121 Å². The minimum absolute atomic E-state index is 0.0529. The van der Waals surface area contributed by atoms with Crippen LogP contribution in [-0.2, 0) is 9.84 Å². The summed E-state index contributed by atoms with van der Waals surface area (Å²) in [7, 11) is -3.42. The first kappa shape index (κ1) is 15.2. The smallest absolute Gasteiger partial charge is 0.305 e. The summed E-state index contributed by atoms with van der Waals surface area (Å²) in [6.45, 7) is 6.05. The van der Waals surface area contributed by atoms with E-state index in [2.05, 4.69) is 11.8 Å². The number of likely N-dealkylation sites (N-methyl/N-ethyl adjacent to an activating group) is 1. The van der Waals surface area contributed by atoms with E-state index in [-0.39, 0.29) is 9.90 Å². The molecule has 1 saturated heterocycles. The largest absolute Gasteiger partial charge is 0.355 e. The number of hydrogen-bond acceptors (Lipinski definition) is 7.